The van der Waals surface area contributed by atoms with Gasteiger partial charge in [0.15, 0.2) is 0 Å². The Labute approximate surface area is 177 Å². The quantitative estimate of drug-likeness (QED) is 0.391. The summed E-state index contributed by atoms with van der Waals surface area (Å²) in [6.07, 6.45) is 0. The average Bonchev–Trinajstić information content (AvgIpc) is 3.29. The highest BCUT2D eigenvalue weighted by Crippen LogP contribution is 2.43. The van der Waals surface area contributed by atoms with Crippen LogP contribution in [0.5, 0.6) is 5.75 Å². The number of ketones is 1. The minimum absolute atomic E-state index is 0.0156. The zero-order valence-corrected chi connectivity index (χ0v) is 17.4. The lowest BCUT2D eigenvalue weighted by Crippen LogP contribution is -2.29. The monoisotopic (exact) mass is 421 g/mol. The van der Waals surface area contributed by atoms with E-state index in [1.54, 1.807) is 38.3 Å². The second-order valence-electron chi connectivity index (χ2n) is 6.91. The van der Waals surface area contributed by atoms with Gasteiger partial charge in [-0.2, -0.15) is 0 Å². The van der Waals surface area contributed by atoms with Crippen LogP contribution < -0.4 is 9.64 Å². The lowest BCUT2D eigenvalue weighted by atomic mass is 9.95. The summed E-state index contributed by atoms with van der Waals surface area (Å²) in [4.78, 5) is 27.3. The smallest absolute Gasteiger partial charge is 0.301 e. The molecular weight excluding hydrogens is 402 g/mol. The Morgan fingerprint density at radius 2 is 1.70 bits per heavy atom. The Balaban J connectivity index is 1.91. The van der Waals surface area contributed by atoms with Gasteiger partial charge < -0.3 is 9.84 Å². The van der Waals surface area contributed by atoms with Gasteiger partial charge in [0, 0.05) is 5.56 Å². The fourth-order valence-corrected chi connectivity index (χ4v) is 4.10. The third kappa shape index (κ3) is 3.35. The predicted octanol–water partition coefficient (Wildman–Crippen LogP) is 3.79. The number of anilines is 1. The van der Waals surface area contributed by atoms with E-state index in [1.165, 1.54) is 16.2 Å². The zero-order chi connectivity index (χ0) is 21.4. The molecule has 7 nitrogen and oxygen atoms in total. The molecule has 1 fully saturated rings. The number of carbonyl (C=O) groups excluding carboxylic acids is 2. The number of aromatic nitrogens is 2. The first kappa shape index (κ1) is 19.8. The Kier molecular flexibility index (Phi) is 5.09. The largest absolute Gasteiger partial charge is 0.507 e. The van der Waals surface area contributed by atoms with Gasteiger partial charge in [0.25, 0.3) is 5.78 Å². The van der Waals surface area contributed by atoms with Gasteiger partial charge in [0.2, 0.25) is 5.13 Å². The second-order valence-corrected chi connectivity index (χ2v) is 8.07. The number of benzene rings is 2. The molecule has 30 heavy (non-hydrogen) atoms. The number of aliphatic hydroxyl groups is 1. The molecule has 1 unspecified atom stereocenters. The standard InChI is InChI=1S/C22H19N3O4S/c1-12-4-6-14(7-5-12)18-17(19(26)15-8-10-16(29-3)11-9-15)20(27)21(28)25(18)22-24-23-13(2)30-22/h4-11,18,26H,1-3H3. The molecule has 0 aliphatic carbocycles. The molecule has 2 aromatic carbocycles. The number of nitrogens with zero attached hydrogens (tertiary/aromatic N) is 3. The molecule has 152 valence electrons. The lowest BCUT2D eigenvalue weighted by Gasteiger charge is -2.22. The fraction of sp³-hybridized carbons (Fsp3) is 0.182. The summed E-state index contributed by atoms with van der Waals surface area (Å²) in [6.45, 7) is 3.72. The summed E-state index contributed by atoms with van der Waals surface area (Å²) < 4.78 is 5.15. The summed E-state index contributed by atoms with van der Waals surface area (Å²) >= 11 is 1.22. The number of amides is 1. The molecule has 2 heterocycles. The topological polar surface area (TPSA) is 92.6 Å². The first-order valence-electron chi connectivity index (χ1n) is 9.23. The van der Waals surface area contributed by atoms with Crippen LogP contribution in [0.3, 0.4) is 0 Å². The van der Waals surface area contributed by atoms with Gasteiger partial charge in [-0.15, -0.1) is 10.2 Å². The molecule has 1 atom stereocenters. The van der Waals surface area contributed by atoms with Crippen LogP contribution in [0.4, 0.5) is 5.13 Å². The third-order valence-electron chi connectivity index (χ3n) is 4.92. The SMILES string of the molecule is COc1ccc(C(O)=C2C(=O)C(=O)N(c3nnc(C)s3)C2c2ccc(C)cc2)cc1. The van der Waals surface area contributed by atoms with Crippen molar-refractivity contribution in [3.8, 4) is 5.75 Å². The molecule has 1 aliphatic rings. The van der Waals surface area contributed by atoms with E-state index in [2.05, 4.69) is 10.2 Å². The predicted molar refractivity (Wildman–Crippen MR) is 114 cm³/mol. The number of Topliss-reactive ketones (excluding diaryl/α,β-unsaturated/α-hetero) is 1. The maximum absolute atomic E-state index is 13.0. The first-order valence-corrected chi connectivity index (χ1v) is 10.0. The van der Waals surface area contributed by atoms with Crippen LogP contribution in [0.15, 0.2) is 54.1 Å². The molecular formula is C22H19N3O4S. The Hall–Kier alpha value is -3.52. The normalized spacial score (nSPS) is 18.1. The van der Waals surface area contributed by atoms with E-state index >= 15 is 0 Å². The zero-order valence-electron chi connectivity index (χ0n) is 16.6. The van der Waals surface area contributed by atoms with E-state index in [0.717, 1.165) is 5.56 Å². The van der Waals surface area contributed by atoms with Gasteiger partial charge in [-0.25, -0.2) is 0 Å². The van der Waals surface area contributed by atoms with Gasteiger partial charge in [-0.05, 0) is 43.7 Å². The van der Waals surface area contributed by atoms with Crippen LogP contribution in [0, 0.1) is 13.8 Å². The molecule has 1 saturated heterocycles. The Morgan fingerprint density at radius 1 is 1.03 bits per heavy atom. The van der Waals surface area contributed by atoms with E-state index in [1.807, 2.05) is 31.2 Å². The van der Waals surface area contributed by atoms with E-state index in [9.17, 15) is 14.7 Å². The van der Waals surface area contributed by atoms with E-state index in [-0.39, 0.29) is 11.3 Å². The molecule has 1 amide bonds. The van der Waals surface area contributed by atoms with Crippen LogP contribution in [0.1, 0.15) is 27.7 Å². The van der Waals surface area contributed by atoms with Crippen molar-refractivity contribution in [2.24, 2.45) is 0 Å². The number of rotatable bonds is 4. The highest BCUT2D eigenvalue weighted by molar-refractivity contribution is 7.15. The minimum Gasteiger partial charge on any atom is -0.507 e. The lowest BCUT2D eigenvalue weighted by molar-refractivity contribution is -0.132. The molecule has 8 heteroatoms. The number of aryl methyl sites for hydroxylation is 2. The van der Waals surface area contributed by atoms with E-state index < -0.39 is 17.7 Å². The van der Waals surface area contributed by atoms with Gasteiger partial charge in [-0.3, -0.25) is 14.5 Å². The molecule has 1 aromatic heterocycles. The summed E-state index contributed by atoms with van der Waals surface area (Å²) in [6, 6.07) is 13.3. The summed E-state index contributed by atoms with van der Waals surface area (Å²) in [5, 5.41) is 20.1. The maximum Gasteiger partial charge on any atom is 0.301 e. The van der Waals surface area contributed by atoms with Crippen LogP contribution in [0.2, 0.25) is 0 Å². The van der Waals surface area contributed by atoms with Crippen molar-refractivity contribution in [3.05, 3.63) is 75.8 Å². The Bertz CT molecular complexity index is 1150. The second kappa shape index (κ2) is 7.72. The summed E-state index contributed by atoms with van der Waals surface area (Å²) in [5.41, 5.74) is 2.17. The molecule has 4 rings (SSSR count). The van der Waals surface area contributed by atoms with E-state index in [0.29, 0.717) is 27.0 Å². The van der Waals surface area contributed by atoms with Gasteiger partial charge in [-0.1, -0.05) is 41.2 Å². The highest BCUT2D eigenvalue weighted by atomic mass is 32.1. The number of aliphatic hydroxyl groups excluding tert-OH is 1. The molecule has 1 N–H and O–H groups in total. The molecule has 3 aromatic rings. The third-order valence-corrected chi connectivity index (χ3v) is 5.76. The van der Waals surface area contributed by atoms with E-state index in [4.69, 9.17) is 4.74 Å². The number of ether oxygens (including phenoxy) is 1. The molecule has 0 saturated carbocycles. The molecule has 0 bridgehead atoms. The van der Waals surface area contributed by atoms with Crippen LogP contribution >= 0.6 is 11.3 Å². The van der Waals surface area contributed by atoms with Crippen LogP contribution in [0.25, 0.3) is 5.76 Å². The van der Waals surface area contributed by atoms with Gasteiger partial charge in [0.05, 0.1) is 18.7 Å². The number of methoxy groups -OCH3 is 1. The van der Waals surface area contributed by atoms with Crippen LogP contribution in [-0.4, -0.2) is 34.1 Å². The van der Waals surface area contributed by atoms with Crippen molar-refractivity contribution in [1.29, 1.82) is 0 Å². The van der Waals surface area contributed by atoms with Gasteiger partial charge in [0.1, 0.15) is 16.5 Å². The van der Waals surface area contributed by atoms with Crippen molar-refractivity contribution >= 4 is 33.9 Å². The molecule has 0 radical (unpaired) electrons. The molecule has 1 aliphatic heterocycles. The Morgan fingerprint density at radius 3 is 2.27 bits per heavy atom. The minimum atomic E-state index is -0.806. The van der Waals surface area contributed by atoms with Crippen molar-refractivity contribution in [2.75, 3.05) is 12.0 Å². The highest BCUT2D eigenvalue weighted by Gasteiger charge is 2.48. The van der Waals surface area contributed by atoms with Crippen LogP contribution in [-0.2, 0) is 9.59 Å². The molecule has 0 spiro atoms. The maximum atomic E-state index is 13.0. The number of carbonyl (C=O) groups is 2. The average molecular weight is 421 g/mol. The summed E-state index contributed by atoms with van der Waals surface area (Å²) in [7, 11) is 1.54. The van der Waals surface area contributed by atoms with Crippen molar-refractivity contribution in [1.82, 2.24) is 10.2 Å². The fourth-order valence-electron chi connectivity index (χ4n) is 3.38. The number of hydrogen-bond acceptors (Lipinski definition) is 7. The van der Waals surface area contributed by atoms with Crippen molar-refractivity contribution in [3.63, 3.8) is 0 Å². The summed E-state index contributed by atoms with van der Waals surface area (Å²) in [5.74, 6) is -1.13. The first-order chi connectivity index (χ1) is 14.4. The number of hydrogen-bond donors (Lipinski definition) is 1. The van der Waals surface area contributed by atoms with Gasteiger partial charge >= 0.3 is 5.91 Å². The van der Waals surface area contributed by atoms with Crippen molar-refractivity contribution in [2.45, 2.75) is 19.9 Å². The van der Waals surface area contributed by atoms with Crippen molar-refractivity contribution < 1.29 is 19.4 Å².